The number of fused-ring (bicyclic) bond motifs is 1. The van der Waals surface area contributed by atoms with Crippen LogP contribution in [0.15, 0.2) is 24.3 Å². The molecule has 0 aliphatic carbocycles. The fourth-order valence-corrected chi connectivity index (χ4v) is 2.86. The number of nitrogen functional groups attached to an aromatic ring is 1. The molecule has 3 N–H and O–H groups in total. The number of carbonyl (C=O) groups excluding carboxylic acids is 1. The van der Waals surface area contributed by atoms with Crippen molar-refractivity contribution in [2.75, 3.05) is 5.73 Å². The molecule has 0 fully saturated rings. The van der Waals surface area contributed by atoms with Crippen LogP contribution in [-0.2, 0) is 24.2 Å². The molecule has 1 aromatic carbocycles. The average molecular weight is 299 g/mol. The van der Waals surface area contributed by atoms with Crippen LogP contribution in [0.3, 0.4) is 0 Å². The van der Waals surface area contributed by atoms with Gasteiger partial charge < -0.3 is 11.1 Å². The predicted molar refractivity (Wildman–Crippen MR) is 84.2 cm³/mol. The highest BCUT2D eigenvalue weighted by Gasteiger charge is 2.22. The number of nitrogens with one attached hydrogen (secondary N) is 1. The minimum Gasteiger partial charge on any atom is -0.399 e. The van der Waals surface area contributed by atoms with E-state index in [-0.39, 0.29) is 11.9 Å². The molecule has 0 bridgehead atoms. The Bertz CT molecular complexity index is 679. The Kier molecular flexibility index (Phi) is 4.09. The lowest BCUT2D eigenvalue weighted by atomic mass is 10.1. The number of aryl methyl sites for hydroxylation is 3. The van der Waals surface area contributed by atoms with Crippen molar-refractivity contribution in [1.29, 1.82) is 0 Å². The monoisotopic (exact) mass is 299 g/mol. The van der Waals surface area contributed by atoms with Gasteiger partial charge in [-0.25, -0.2) is 9.67 Å². The van der Waals surface area contributed by atoms with Gasteiger partial charge in [0, 0.05) is 24.6 Å². The second kappa shape index (κ2) is 6.17. The van der Waals surface area contributed by atoms with Gasteiger partial charge in [-0.05, 0) is 31.4 Å². The van der Waals surface area contributed by atoms with Crippen molar-refractivity contribution in [2.24, 2.45) is 0 Å². The molecular weight excluding hydrogens is 278 g/mol. The van der Waals surface area contributed by atoms with Crippen LogP contribution in [0.25, 0.3) is 0 Å². The van der Waals surface area contributed by atoms with E-state index in [1.165, 1.54) is 0 Å². The Labute approximate surface area is 129 Å². The number of benzene rings is 1. The number of nitrogens with zero attached hydrogens (tertiary/aromatic N) is 3. The smallest absolute Gasteiger partial charge is 0.220 e. The molecule has 1 atom stereocenters. The van der Waals surface area contributed by atoms with Crippen LogP contribution in [0, 0.1) is 6.92 Å². The summed E-state index contributed by atoms with van der Waals surface area (Å²) in [5.41, 5.74) is 7.67. The van der Waals surface area contributed by atoms with E-state index in [9.17, 15) is 4.79 Å². The number of hydrogen-bond acceptors (Lipinski definition) is 4. The minimum absolute atomic E-state index is 0.0635. The highest BCUT2D eigenvalue weighted by Crippen LogP contribution is 2.15. The number of carbonyl (C=O) groups is 1. The van der Waals surface area contributed by atoms with Crippen molar-refractivity contribution >= 4 is 11.6 Å². The van der Waals surface area contributed by atoms with Gasteiger partial charge in [-0.3, -0.25) is 4.79 Å². The molecule has 0 saturated carbocycles. The SMILES string of the molecule is Cc1nc2n(n1)CC(NC(=O)CCc1ccccc1N)CC2. The molecule has 116 valence electrons. The molecule has 0 saturated heterocycles. The van der Waals surface area contributed by atoms with Crippen molar-refractivity contribution in [3.63, 3.8) is 0 Å². The summed E-state index contributed by atoms with van der Waals surface area (Å²) in [6.45, 7) is 2.60. The second-order valence-electron chi connectivity index (χ2n) is 5.76. The molecular formula is C16H21N5O. The van der Waals surface area contributed by atoms with Gasteiger partial charge in [0.05, 0.1) is 6.54 Å². The summed E-state index contributed by atoms with van der Waals surface area (Å²) >= 11 is 0. The van der Waals surface area contributed by atoms with Crippen molar-refractivity contribution in [3.05, 3.63) is 41.5 Å². The van der Waals surface area contributed by atoms with Crippen LogP contribution in [0.1, 0.15) is 30.1 Å². The fraction of sp³-hybridized carbons (Fsp3) is 0.438. The number of rotatable bonds is 4. The molecule has 1 aliphatic rings. The lowest BCUT2D eigenvalue weighted by Crippen LogP contribution is -2.41. The van der Waals surface area contributed by atoms with Gasteiger partial charge in [-0.15, -0.1) is 0 Å². The molecule has 0 spiro atoms. The average Bonchev–Trinajstić information content (AvgIpc) is 2.86. The van der Waals surface area contributed by atoms with E-state index in [2.05, 4.69) is 15.4 Å². The van der Waals surface area contributed by atoms with Gasteiger partial charge >= 0.3 is 0 Å². The van der Waals surface area contributed by atoms with Gasteiger partial charge in [0.2, 0.25) is 5.91 Å². The van der Waals surface area contributed by atoms with Crippen LogP contribution in [0.5, 0.6) is 0 Å². The standard InChI is InChI=1S/C16H21N5O/c1-11-18-15-8-7-13(10-21(15)20-11)19-16(22)9-6-12-4-2-3-5-14(12)17/h2-5,13H,6-10,17H2,1H3,(H,19,22). The lowest BCUT2D eigenvalue weighted by molar-refractivity contribution is -0.122. The third-order valence-electron chi connectivity index (χ3n) is 4.01. The summed E-state index contributed by atoms with van der Waals surface area (Å²) in [6, 6.07) is 7.81. The van der Waals surface area contributed by atoms with Crippen molar-refractivity contribution in [2.45, 2.75) is 45.2 Å². The molecule has 2 aromatic rings. The number of anilines is 1. The number of aromatic nitrogens is 3. The number of para-hydroxylation sites is 1. The number of amides is 1. The first-order valence-corrected chi connectivity index (χ1v) is 7.65. The van der Waals surface area contributed by atoms with Gasteiger partial charge in [-0.2, -0.15) is 5.10 Å². The first-order valence-electron chi connectivity index (χ1n) is 7.65. The van der Waals surface area contributed by atoms with Crippen LogP contribution < -0.4 is 11.1 Å². The van der Waals surface area contributed by atoms with Crippen LogP contribution in [0.4, 0.5) is 5.69 Å². The normalized spacial score (nSPS) is 17.0. The molecule has 2 heterocycles. The van der Waals surface area contributed by atoms with Gasteiger partial charge in [0.15, 0.2) is 0 Å². The Morgan fingerprint density at radius 3 is 3.09 bits per heavy atom. The van der Waals surface area contributed by atoms with E-state index < -0.39 is 0 Å². The summed E-state index contributed by atoms with van der Waals surface area (Å²) in [6.07, 6.45) is 2.89. The number of hydrogen-bond donors (Lipinski definition) is 2. The Morgan fingerprint density at radius 1 is 1.45 bits per heavy atom. The quantitative estimate of drug-likeness (QED) is 0.832. The molecule has 0 radical (unpaired) electrons. The zero-order chi connectivity index (χ0) is 15.5. The van der Waals surface area contributed by atoms with Crippen LogP contribution in [0.2, 0.25) is 0 Å². The third kappa shape index (κ3) is 3.27. The van der Waals surface area contributed by atoms with E-state index in [1.54, 1.807) is 0 Å². The third-order valence-corrected chi connectivity index (χ3v) is 4.01. The van der Waals surface area contributed by atoms with E-state index >= 15 is 0 Å². The zero-order valence-corrected chi connectivity index (χ0v) is 12.7. The van der Waals surface area contributed by atoms with E-state index in [0.29, 0.717) is 19.4 Å². The van der Waals surface area contributed by atoms with E-state index in [1.807, 2.05) is 35.9 Å². The summed E-state index contributed by atoms with van der Waals surface area (Å²) < 4.78 is 1.90. The largest absolute Gasteiger partial charge is 0.399 e. The summed E-state index contributed by atoms with van der Waals surface area (Å²) in [5, 5.41) is 7.44. The van der Waals surface area contributed by atoms with E-state index in [4.69, 9.17) is 5.73 Å². The highest BCUT2D eigenvalue weighted by atomic mass is 16.1. The highest BCUT2D eigenvalue weighted by molar-refractivity contribution is 5.76. The minimum atomic E-state index is 0.0635. The first-order chi connectivity index (χ1) is 10.6. The Morgan fingerprint density at radius 2 is 2.27 bits per heavy atom. The fourth-order valence-electron chi connectivity index (χ4n) is 2.86. The summed E-state index contributed by atoms with van der Waals surface area (Å²) in [5.74, 6) is 1.87. The molecule has 6 nitrogen and oxygen atoms in total. The van der Waals surface area contributed by atoms with Gasteiger partial charge in [0.25, 0.3) is 0 Å². The second-order valence-corrected chi connectivity index (χ2v) is 5.76. The van der Waals surface area contributed by atoms with Crippen LogP contribution in [-0.4, -0.2) is 26.7 Å². The van der Waals surface area contributed by atoms with Crippen molar-refractivity contribution in [1.82, 2.24) is 20.1 Å². The maximum atomic E-state index is 12.1. The molecule has 1 unspecified atom stereocenters. The molecule has 1 amide bonds. The van der Waals surface area contributed by atoms with Crippen molar-refractivity contribution in [3.8, 4) is 0 Å². The Hall–Kier alpha value is -2.37. The summed E-state index contributed by atoms with van der Waals surface area (Å²) in [7, 11) is 0. The lowest BCUT2D eigenvalue weighted by Gasteiger charge is -2.23. The molecule has 6 heteroatoms. The van der Waals surface area contributed by atoms with Crippen LogP contribution >= 0.6 is 0 Å². The molecule has 3 rings (SSSR count). The van der Waals surface area contributed by atoms with Gasteiger partial charge in [-0.1, -0.05) is 18.2 Å². The molecule has 1 aromatic heterocycles. The topological polar surface area (TPSA) is 85.8 Å². The maximum absolute atomic E-state index is 12.1. The molecule has 22 heavy (non-hydrogen) atoms. The zero-order valence-electron chi connectivity index (χ0n) is 12.7. The maximum Gasteiger partial charge on any atom is 0.220 e. The predicted octanol–water partition coefficient (Wildman–Crippen LogP) is 1.23. The van der Waals surface area contributed by atoms with Crippen molar-refractivity contribution < 1.29 is 4.79 Å². The summed E-state index contributed by atoms with van der Waals surface area (Å²) in [4.78, 5) is 16.5. The molecule has 1 aliphatic heterocycles. The van der Waals surface area contributed by atoms with Gasteiger partial charge in [0.1, 0.15) is 11.6 Å². The van der Waals surface area contributed by atoms with E-state index in [0.717, 1.165) is 35.7 Å². The Balaban J connectivity index is 1.51. The number of nitrogens with two attached hydrogens (primary N) is 1. The first kappa shape index (κ1) is 14.6.